The van der Waals surface area contributed by atoms with Gasteiger partial charge in [-0.1, -0.05) is 0 Å². The van der Waals surface area contributed by atoms with E-state index in [0.717, 1.165) is 5.69 Å². The Hall–Kier alpha value is -2.61. The lowest BCUT2D eigenvalue weighted by atomic mass is 10.2. The van der Waals surface area contributed by atoms with Crippen molar-refractivity contribution in [1.29, 1.82) is 10.7 Å². The van der Waals surface area contributed by atoms with Crippen molar-refractivity contribution in [3.63, 3.8) is 0 Å². The minimum atomic E-state index is -0.531. The van der Waals surface area contributed by atoms with Gasteiger partial charge in [-0.15, -0.1) is 0 Å². The fourth-order valence-corrected chi connectivity index (χ4v) is 1.33. The molecule has 19 heavy (non-hydrogen) atoms. The number of carbonyl (C=O) groups excluding carboxylic acids is 1. The second kappa shape index (κ2) is 6.97. The Bertz CT molecular complexity index is 539. The summed E-state index contributed by atoms with van der Waals surface area (Å²) in [6.45, 7) is 3.49. The van der Waals surface area contributed by atoms with Crippen molar-refractivity contribution in [2.45, 2.75) is 13.8 Å². The Balaban J connectivity index is 2.83. The lowest BCUT2D eigenvalue weighted by Crippen LogP contribution is -2.14. The van der Waals surface area contributed by atoms with Gasteiger partial charge in [-0.05, 0) is 38.1 Å². The Morgan fingerprint density at radius 1 is 1.47 bits per heavy atom. The second-order valence-electron chi connectivity index (χ2n) is 3.74. The molecule has 1 aromatic carbocycles. The van der Waals surface area contributed by atoms with E-state index in [2.05, 4.69) is 5.32 Å². The molecule has 0 fully saturated rings. The predicted molar refractivity (Wildman–Crippen MR) is 72.9 cm³/mol. The Morgan fingerprint density at radius 3 is 2.58 bits per heavy atom. The summed E-state index contributed by atoms with van der Waals surface area (Å²) in [5, 5.41) is 19.1. The maximum atomic E-state index is 11.6. The molecule has 0 aliphatic heterocycles. The highest BCUT2D eigenvalue weighted by atomic mass is 16.5. The molecule has 0 aliphatic rings. The van der Waals surface area contributed by atoms with E-state index in [1.807, 2.05) is 6.07 Å². The zero-order chi connectivity index (χ0) is 14.3. The number of benzene rings is 1. The number of ether oxygens (including phenoxy) is 1. The van der Waals surface area contributed by atoms with Crippen LogP contribution in [0.4, 0.5) is 5.69 Å². The standard InChI is InChI=1S/C14H15N3O2/c1-3-19-14(18)13(10(2)16)9-17-12-6-4-11(8-15)5-7-12/h4-7,9,16-17H,3H2,1-2H3/b13-9+,16-10?. The van der Waals surface area contributed by atoms with Crippen LogP contribution < -0.4 is 5.32 Å². The van der Waals surface area contributed by atoms with Crippen LogP contribution in [0.15, 0.2) is 36.0 Å². The molecule has 0 saturated heterocycles. The smallest absolute Gasteiger partial charge is 0.341 e. The van der Waals surface area contributed by atoms with Crippen molar-refractivity contribution in [1.82, 2.24) is 0 Å². The molecule has 0 heterocycles. The van der Waals surface area contributed by atoms with E-state index in [1.165, 1.54) is 13.1 Å². The van der Waals surface area contributed by atoms with Crippen LogP contribution in [0.1, 0.15) is 19.4 Å². The van der Waals surface area contributed by atoms with Crippen molar-refractivity contribution >= 4 is 17.4 Å². The number of rotatable bonds is 5. The molecule has 0 aromatic heterocycles. The second-order valence-corrected chi connectivity index (χ2v) is 3.74. The van der Waals surface area contributed by atoms with E-state index in [0.29, 0.717) is 5.56 Å². The Morgan fingerprint density at radius 2 is 2.11 bits per heavy atom. The molecule has 2 N–H and O–H groups in total. The third-order valence-corrected chi connectivity index (χ3v) is 2.30. The van der Waals surface area contributed by atoms with Crippen molar-refractivity contribution in [2.24, 2.45) is 0 Å². The van der Waals surface area contributed by atoms with E-state index < -0.39 is 5.97 Å². The van der Waals surface area contributed by atoms with Gasteiger partial charge in [-0.2, -0.15) is 5.26 Å². The van der Waals surface area contributed by atoms with Crippen LogP contribution in [-0.2, 0) is 9.53 Å². The van der Waals surface area contributed by atoms with E-state index in [4.69, 9.17) is 15.4 Å². The third-order valence-electron chi connectivity index (χ3n) is 2.30. The number of hydrogen-bond acceptors (Lipinski definition) is 5. The molecule has 0 aliphatic carbocycles. The van der Waals surface area contributed by atoms with Gasteiger partial charge in [0.15, 0.2) is 0 Å². The summed E-state index contributed by atoms with van der Waals surface area (Å²) in [5.74, 6) is -0.531. The van der Waals surface area contributed by atoms with Crippen LogP contribution in [0, 0.1) is 16.7 Å². The highest BCUT2D eigenvalue weighted by Crippen LogP contribution is 2.10. The molecule has 0 bridgehead atoms. The average Bonchev–Trinajstić information content (AvgIpc) is 2.39. The molecule has 0 atom stereocenters. The minimum Gasteiger partial charge on any atom is -0.462 e. The molecule has 0 unspecified atom stereocenters. The molecule has 0 spiro atoms. The van der Waals surface area contributed by atoms with E-state index in [-0.39, 0.29) is 17.9 Å². The number of anilines is 1. The monoisotopic (exact) mass is 257 g/mol. The summed E-state index contributed by atoms with van der Waals surface area (Å²) in [7, 11) is 0. The summed E-state index contributed by atoms with van der Waals surface area (Å²) in [6.07, 6.45) is 1.43. The first-order valence-electron chi connectivity index (χ1n) is 5.78. The van der Waals surface area contributed by atoms with Crippen LogP contribution >= 0.6 is 0 Å². The van der Waals surface area contributed by atoms with Gasteiger partial charge >= 0.3 is 5.97 Å². The molecule has 0 saturated carbocycles. The molecule has 0 radical (unpaired) electrons. The average molecular weight is 257 g/mol. The number of nitriles is 1. The number of carbonyl (C=O) groups is 1. The van der Waals surface area contributed by atoms with Crippen molar-refractivity contribution in [3.05, 3.63) is 41.6 Å². The summed E-state index contributed by atoms with van der Waals surface area (Å²) in [5.41, 5.74) is 1.58. The molecule has 5 heteroatoms. The van der Waals surface area contributed by atoms with Crippen LogP contribution in [0.25, 0.3) is 0 Å². The normalized spacial score (nSPS) is 10.5. The highest BCUT2D eigenvalue weighted by molar-refractivity contribution is 6.17. The van der Waals surface area contributed by atoms with Crippen LogP contribution in [0.3, 0.4) is 0 Å². The number of hydrogen-bond donors (Lipinski definition) is 2. The third kappa shape index (κ3) is 4.28. The molecular weight excluding hydrogens is 242 g/mol. The first-order chi connectivity index (χ1) is 9.08. The van der Waals surface area contributed by atoms with Gasteiger partial charge in [0.25, 0.3) is 0 Å². The lowest BCUT2D eigenvalue weighted by molar-refractivity contribution is -0.137. The number of esters is 1. The van der Waals surface area contributed by atoms with Crippen molar-refractivity contribution < 1.29 is 9.53 Å². The summed E-state index contributed by atoms with van der Waals surface area (Å²) >= 11 is 0. The summed E-state index contributed by atoms with van der Waals surface area (Å²) < 4.78 is 4.86. The summed E-state index contributed by atoms with van der Waals surface area (Å²) in [4.78, 5) is 11.6. The topological polar surface area (TPSA) is 86.0 Å². The van der Waals surface area contributed by atoms with Crippen molar-refractivity contribution in [2.75, 3.05) is 11.9 Å². The first kappa shape index (κ1) is 14.5. The van der Waals surface area contributed by atoms with Gasteiger partial charge in [-0.25, -0.2) is 4.79 Å². The fourth-order valence-electron chi connectivity index (χ4n) is 1.33. The van der Waals surface area contributed by atoms with Crippen LogP contribution in [0.5, 0.6) is 0 Å². The van der Waals surface area contributed by atoms with E-state index in [9.17, 15) is 4.79 Å². The van der Waals surface area contributed by atoms with Gasteiger partial charge < -0.3 is 15.5 Å². The number of nitrogens with zero attached hydrogens (tertiary/aromatic N) is 1. The summed E-state index contributed by atoms with van der Waals surface area (Å²) in [6, 6.07) is 8.79. The molecule has 1 rings (SSSR count). The van der Waals surface area contributed by atoms with E-state index in [1.54, 1.807) is 31.2 Å². The molecule has 5 nitrogen and oxygen atoms in total. The first-order valence-corrected chi connectivity index (χ1v) is 5.78. The Kier molecular flexibility index (Phi) is 5.30. The van der Waals surface area contributed by atoms with Gasteiger partial charge in [0.1, 0.15) is 0 Å². The molecule has 98 valence electrons. The molecule has 0 amide bonds. The van der Waals surface area contributed by atoms with E-state index >= 15 is 0 Å². The van der Waals surface area contributed by atoms with Gasteiger partial charge in [0.05, 0.1) is 23.8 Å². The minimum absolute atomic E-state index is 0.125. The maximum Gasteiger partial charge on any atom is 0.341 e. The zero-order valence-corrected chi connectivity index (χ0v) is 10.9. The SMILES string of the molecule is CCOC(=O)/C(=C/Nc1ccc(C#N)cc1)C(C)=N. The van der Waals surface area contributed by atoms with Gasteiger partial charge in [-0.3, -0.25) is 0 Å². The highest BCUT2D eigenvalue weighted by Gasteiger charge is 2.12. The lowest BCUT2D eigenvalue weighted by Gasteiger charge is -2.06. The van der Waals surface area contributed by atoms with Crippen molar-refractivity contribution in [3.8, 4) is 6.07 Å². The molecule has 1 aromatic rings. The van der Waals surface area contributed by atoms with Crippen LogP contribution in [-0.4, -0.2) is 18.3 Å². The maximum absolute atomic E-state index is 11.6. The molecular formula is C14H15N3O2. The van der Waals surface area contributed by atoms with Crippen LogP contribution in [0.2, 0.25) is 0 Å². The Labute approximate surface area is 112 Å². The fraction of sp³-hybridized carbons (Fsp3) is 0.214. The van der Waals surface area contributed by atoms with Gasteiger partial charge in [0.2, 0.25) is 0 Å². The predicted octanol–water partition coefficient (Wildman–Crippen LogP) is 2.46. The van der Waals surface area contributed by atoms with Gasteiger partial charge in [0, 0.05) is 17.6 Å². The quantitative estimate of drug-likeness (QED) is 0.482. The largest absolute Gasteiger partial charge is 0.462 e. The zero-order valence-electron chi connectivity index (χ0n) is 10.9. The number of nitrogens with one attached hydrogen (secondary N) is 2.